The molecule has 0 bridgehead atoms. The van der Waals surface area contributed by atoms with Crippen molar-refractivity contribution in [1.82, 2.24) is 4.98 Å². The molecule has 0 aliphatic carbocycles. The Labute approximate surface area is 95.3 Å². The molecule has 0 saturated carbocycles. The smallest absolute Gasteiger partial charge is 0.125 e. The second-order valence-electron chi connectivity index (χ2n) is 3.89. The zero-order chi connectivity index (χ0) is 11.5. The number of aromatic nitrogens is 1. The standard InChI is InChI=1S/C13H15N3/c1-9-3-4-11(7-10(9)2)16-12-5-6-15-13(14)8-12/h3-8H,1-2H3,(H3,14,15,16). The molecule has 2 rings (SSSR count). The van der Waals surface area contributed by atoms with Crippen LogP contribution in [0.25, 0.3) is 0 Å². The number of pyridine rings is 1. The van der Waals surface area contributed by atoms with Gasteiger partial charge in [0, 0.05) is 23.6 Å². The van der Waals surface area contributed by atoms with E-state index in [1.807, 2.05) is 12.1 Å². The number of hydrogen-bond donors (Lipinski definition) is 2. The van der Waals surface area contributed by atoms with E-state index < -0.39 is 0 Å². The van der Waals surface area contributed by atoms with E-state index in [0.717, 1.165) is 11.4 Å². The predicted molar refractivity (Wildman–Crippen MR) is 67.8 cm³/mol. The number of benzene rings is 1. The van der Waals surface area contributed by atoms with Crippen molar-refractivity contribution in [1.29, 1.82) is 0 Å². The second kappa shape index (κ2) is 4.23. The maximum absolute atomic E-state index is 5.62. The van der Waals surface area contributed by atoms with Crippen molar-refractivity contribution in [3.63, 3.8) is 0 Å². The monoisotopic (exact) mass is 213 g/mol. The Morgan fingerprint density at radius 1 is 1.00 bits per heavy atom. The van der Waals surface area contributed by atoms with Gasteiger partial charge in [-0.05, 0) is 43.2 Å². The lowest BCUT2D eigenvalue weighted by molar-refractivity contribution is 1.32. The van der Waals surface area contributed by atoms with Crippen LogP contribution in [0.2, 0.25) is 0 Å². The number of nitrogen functional groups attached to an aromatic ring is 1. The van der Waals surface area contributed by atoms with Gasteiger partial charge in [0.2, 0.25) is 0 Å². The number of nitrogens with zero attached hydrogens (tertiary/aromatic N) is 1. The molecule has 3 nitrogen and oxygen atoms in total. The number of nitrogens with one attached hydrogen (secondary N) is 1. The summed E-state index contributed by atoms with van der Waals surface area (Å²) in [7, 11) is 0. The van der Waals surface area contributed by atoms with Crippen LogP contribution >= 0.6 is 0 Å². The van der Waals surface area contributed by atoms with E-state index in [1.165, 1.54) is 11.1 Å². The van der Waals surface area contributed by atoms with Gasteiger partial charge in [-0.2, -0.15) is 0 Å². The van der Waals surface area contributed by atoms with E-state index in [2.05, 4.69) is 42.3 Å². The second-order valence-corrected chi connectivity index (χ2v) is 3.89. The summed E-state index contributed by atoms with van der Waals surface area (Å²) in [6.45, 7) is 4.20. The summed E-state index contributed by atoms with van der Waals surface area (Å²) in [5.41, 5.74) is 10.2. The highest BCUT2D eigenvalue weighted by Gasteiger charge is 1.98. The lowest BCUT2D eigenvalue weighted by atomic mass is 10.1. The van der Waals surface area contributed by atoms with E-state index >= 15 is 0 Å². The summed E-state index contributed by atoms with van der Waals surface area (Å²) in [6, 6.07) is 9.98. The quantitative estimate of drug-likeness (QED) is 0.806. The maximum Gasteiger partial charge on any atom is 0.125 e. The van der Waals surface area contributed by atoms with Crippen molar-refractivity contribution >= 4 is 17.2 Å². The van der Waals surface area contributed by atoms with Crippen molar-refractivity contribution in [3.8, 4) is 0 Å². The molecule has 82 valence electrons. The Balaban J connectivity index is 2.24. The molecule has 0 amide bonds. The number of nitrogens with two attached hydrogens (primary N) is 1. The molecular weight excluding hydrogens is 198 g/mol. The Hall–Kier alpha value is -2.03. The minimum atomic E-state index is 0.522. The van der Waals surface area contributed by atoms with Crippen molar-refractivity contribution in [2.24, 2.45) is 0 Å². The Morgan fingerprint density at radius 3 is 2.44 bits per heavy atom. The van der Waals surface area contributed by atoms with Gasteiger partial charge < -0.3 is 11.1 Å². The van der Waals surface area contributed by atoms with Crippen molar-refractivity contribution < 1.29 is 0 Å². The van der Waals surface area contributed by atoms with E-state index in [4.69, 9.17) is 5.73 Å². The number of rotatable bonds is 2. The van der Waals surface area contributed by atoms with E-state index in [-0.39, 0.29) is 0 Å². The first-order chi connectivity index (χ1) is 7.65. The Kier molecular flexibility index (Phi) is 2.77. The van der Waals surface area contributed by atoms with Crippen LogP contribution in [0, 0.1) is 13.8 Å². The lowest BCUT2D eigenvalue weighted by Crippen LogP contribution is -1.94. The highest BCUT2D eigenvalue weighted by molar-refractivity contribution is 5.62. The molecule has 0 saturated heterocycles. The van der Waals surface area contributed by atoms with Crippen LogP contribution in [0.3, 0.4) is 0 Å². The summed E-state index contributed by atoms with van der Waals surface area (Å²) in [5.74, 6) is 0.522. The summed E-state index contributed by atoms with van der Waals surface area (Å²) in [6.07, 6.45) is 1.69. The van der Waals surface area contributed by atoms with E-state index in [0.29, 0.717) is 5.82 Å². The molecule has 0 atom stereocenters. The van der Waals surface area contributed by atoms with Crippen molar-refractivity contribution in [2.45, 2.75) is 13.8 Å². The van der Waals surface area contributed by atoms with Crippen LogP contribution in [-0.4, -0.2) is 4.98 Å². The number of aryl methyl sites for hydroxylation is 2. The normalized spacial score (nSPS) is 10.1. The molecule has 1 aromatic carbocycles. The van der Waals surface area contributed by atoms with Gasteiger partial charge in [0.15, 0.2) is 0 Å². The summed E-state index contributed by atoms with van der Waals surface area (Å²) < 4.78 is 0. The average Bonchev–Trinajstić information content (AvgIpc) is 2.24. The van der Waals surface area contributed by atoms with Gasteiger partial charge >= 0.3 is 0 Å². The molecular formula is C13H15N3. The SMILES string of the molecule is Cc1ccc(Nc2ccnc(N)c2)cc1C. The molecule has 16 heavy (non-hydrogen) atoms. The summed E-state index contributed by atoms with van der Waals surface area (Å²) >= 11 is 0. The average molecular weight is 213 g/mol. The third-order valence-corrected chi connectivity index (χ3v) is 2.58. The molecule has 3 heteroatoms. The summed E-state index contributed by atoms with van der Waals surface area (Å²) in [5, 5.41) is 3.29. The van der Waals surface area contributed by atoms with Gasteiger partial charge in [0.1, 0.15) is 5.82 Å². The molecule has 1 heterocycles. The molecule has 0 aliphatic heterocycles. The van der Waals surface area contributed by atoms with Crippen LogP contribution in [0.4, 0.5) is 17.2 Å². The highest BCUT2D eigenvalue weighted by Crippen LogP contribution is 2.19. The van der Waals surface area contributed by atoms with Crippen LogP contribution in [-0.2, 0) is 0 Å². The van der Waals surface area contributed by atoms with Gasteiger partial charge in [-0.25, -0.2) is 4.98 Å². The van der Waals surface area contributed by atoms with Gasteiger partial charge in [-0.1, -0.05) is 6.07 Å². The molecule has 1 aromatic heterocycles. The molecule has 0 fully saturated rings. The first kappa shape index (κ1) is 10.5. The zero-order valence-electron chi connectivity index (χ0n) is 9.49. The van der Waals surface area contributed by atoms with E-state index in [1.54, 1.807) is 6.20 Å². The van der Waals surface area contributed by atoms with Crippen molar-refractivity contribution in [2.75, 3.05) is 11.1 Å². The first-order valence-electron chi connectivity index (χ1n) is 5.21. The van der Waals surface area contributed by atoms with Gasteiger partial charge in [-0.15, -0.1) is 0 Å². The Bertz CT molecular complexity index is 506. The predicted octanol–water partition coefficient (Wildman–Crippen LogP) is 3.02. The fourth-order valence-corrected chi connectivity index (χ4v) is 1.51. The lowest BCUT2D eigenvalue weighted by Gasteiger charge is -2.08. The molecule has 3 N–H and O–H groups in total. The van der Waals surface area contributed by atoms with Crippen LogP contribution in [0.1, 0.15) is 11.1 Å². The van der Waals surface area contributed by atoms with Gasteiger partial charge in [0.25, 0.3) is 0 Å². The summed E-state index contributed by atoms with van der Waals surface area (Å²) in [4.78, 5) is 3.95. The molecule has 2 aromatic rings. The minimum absolute atomic E-state index is 0.522. The number of anilines is 3. The minimum Gasteiger partial charge on any atom is -0.384 e. The molecule has 0 aliphatic rings. The topological polar surface area (TPSA) is 50.9 Å². The largest absolute Gasteiger partial charge is 0.384 e. The molecule has 0 unspecified atom stereocenters. The van der Waals surface area contributed by atoms with Gasteiger partial charge in [-0.3, -0.25) is 0 Å². The number of hydrogen-bond acceptors (Lipinski definition) is 3. The Morgan fingerprint density at radius 2 is 1.75 bits per heavy atom. The fraction of sp³-hybridized carbons (Fsp3) is 0.154. The van der Waals surface area contributed by atoms with E-state index in [9.17, 15) is 0 Å². The first-order valence-corrected chi connectivity index (χ1v) is 5.21. The van der Waals surface area contributed by atoms with Gasteiger partial charge in [0.05, 0.1) is 0 Å². The van der Waals surface area contributed by atoms with Crippen LogP contribution in [0.15, 0.2) is 36.5 Å². The molecule has 0 radical (unpaired) electrons. The van der Waals surface area contributed by atoms with Crippen LogP contribution < -0.4 is 11.1 Å². The molecule has 0 spiro atoms. The zero-order valence-corrected chi connectivity index (χ0v) is 9.49. The maximum atomic E-state index is 5.62. The van der Waals surface area contributed by atoms with Crippen LogP contribution in [0.5, 0.6) is 0 Å². The fourth-order valence-electron chi connectivity index (χ4n) is 1.51. The third kappa shape index (κ3) is 2.31. The highest BCUT2D eigenvalue weighted by atomic mass is 14.9. The van der Waals surface area contributed by atoms with Crippen molar-refractivity contribution in [3.05, 3.63) is 47.7 Å². The third-order valence-electron chi connectivity index (χ3n) is 2.58.